The topological polar surface area (TPSA) is 68.5 Å². The Balaban J connectivity index is 1.70. The normalized spacial score (nSPS) is 10.8. The van der Waals surface area contributed by atoms with Crippen molar-refractivity contribution in [1.82, 2.24) is 24.7 Å². The van der Waals surface area contributed by atoms with Crippen molar-refractivity contribution >= 4 is 17.3 Å². The van der Waals surface area contributed by atoms with Gasteiger partial charge in [-0.2, -0.15) is 16.4 Å². The molecular weight excluding hydrogens is 332 g/mol. The predicted octanol–water partition coefficient (Wildman–Crippen LogP) is 3.61. The number of thiophene rings is 1. The molecule has 25 heavy (non-hydrogen) atoms. The number of hydrogen-bond acceptors (Lipinski definition) is 6. The SMILES string of the molecule is Cn1nccc1-c1nc(NCc2ccccn2)ncc1-c1ccsc1. The van der Waals surface area contributed by atoms with Gasteiger partial charge in [-0.3, -0.25) is 9.67 Å². The maximum absolute atomic E-state index is 4.74. The highest BCUT2D eigenvalue weighted by atomic mass is 32.1. The van der Waals surface area contributed by atoms with Gasteiger partial charge in [-0.15, -0.1) is 0 Å². The monoisotopic (exact) mass is 348 g/mol. The van der Waals surface area contributed by atoms with Crippen LogP contribution in [0.5, 0.6) is 0 Å². The number of pyridine rings is 1. The highest BCUT2D eigenvalue weighted by molar-refractivity contribution is 7.08. The number of anilines is 1. The van der Waals surface area contributed by atoms with E-state index in [0.29, 0.717) is 12.5 Å². The Bertz CT molecular complexity index is 962. The molecule has 0 fully saturated rings. The molecule has 4 aromatic rings. The lowest BCUT2D eigenvalue weighted by atomic mass is 10.1. The van der Waals surface area contributed by atoms with Gasteiger partial charge in [-0.25, -0.2) is 9.97 Å². The number of rotatable bonds is 5. The van der Waals surface area contributed by atoms with E-state index in [1.165, 1.54) is 0 Å². The molecule has 6 nitrogen and oxygen atoms in total. The molecule has 0 aliphatic carbocycles. The Morgan fingerprint density at radius 2 is 2.08 bits per heavy atom. The summed E-state index contributed by atoms with van der Waals surface area (Å²) in [6.07, 6.45) is 5.41. The molecule has 0 amide bonds. The third-order valence-corrected chi connectivity index (χ3v) is 4.52. The number of aryl methyl sites for hydroxylation is 1. The smallest absolute Gasteiger partial charge is 0.223 e. The second-order valence-electron chi connectivity index (χ2n) is 5.48. The van der Waals surface area contributed by atoms with Crippen LogP contribution in [0, 0.1) is 0 Å². The van der Waals surface area contributed by atoms with Gasteiger partial charge in [0.1, 0.15) is 5.69 Å². The Hall–Kier alpha value is -3.06. The van der Waals surface area contributed by atoms with E-state index in [0.717, 1.165) is 28.2 Å². The lowest BCUT2D eigenvalue weighted by Crippen LogP contribution is -2.07. The van der Waals surface area contributed by atoms with Crippen LogP contribution in [0.15, 0.2) is 59.7 Å². The van der Waals surface area contributed by atoms with E-state index in [1.54, 1.807) is 23.7 Å². The molecule has 4 heterocycles. The van der Waals surface area contributed by atoms with Gasteiger partial charge in [-0.05, 0) is 40.6 Å². The third kappa shape index (κ3) is 3.27. The zero-order valence-corrected chi connectivity index (χ0v) is 14.4. The first-order valence-corrected chi connectivity index (χ1v) is 8.77. The van der Waals surface area contributed by atoms with Crippen molar-refractivity contribution < 1.29 is 0 Å². The predicted molar refractivity (Wildman–Crippen MR) is 99.1 cm³/mol. The van der Waals surface area contributed by atoms with E-state index >= 15 is 0 Å². The van der Waals surface area contributed by atoms with Crippen molar-refractivity contribution in [3.05, 3.63) is 65.4 Å². The van der Waals surface area contributed by atoms with Gasteiger partial charge in [0, 0.05) is 31.2 Å². The van der Waals surface area contributed by atoms with E-state index in [-0.39, 0.29) is 0 Å². The van der Waals surface area contributed by atoms with E-state index in [9.17, 15) is 0 Å². The van der Waals surface area contributed by atoms with E-state index in [1.807, 2.05) is 42.2 Å². The van der Waals surface area contributed by atoms with Crippen molar-refractivity contribution in [3.8, 4) is 22.5 Å². The van der Waals surface area contributed by atoms with Crippen molar-refractivity contribution in [1.29, 1.82) is 0 Å². The summed E-state index contributed by atoms with van der Waals surface area (Å²) in [4.78, 5) is 13.5. The highest BCUT2D eigenvalue weighted by Gasteiger charge is 2.14. The van der Waals surface area contributed by atoms with Gasteiger partial charge in [0.05, 0.1) is 17.9 Å². The molecule has 0 unspecified atom stereocenters. The first-order valence-electron chi connectivity index (χ1n) is 7.83. The lowest BCUT2D eigenvalue weighted by Gasteiger charge is -2.11. The molecule has 0 spiro atoms. The quantitative estimate of drug-likeness (QED) is 0.597. The van der Waals surface area contributed by atoms with Crippen LogP contribution in [0.4, 0.5) is 5.95 Å². The van der Waals surface area contributed by atoms with E-state index in [4.69, 9.17) is 4.98 Å². The van der Waals surface area contributed by atoms with Gasteiger partial charge in [0.15, 0.2) is 0 Å². The summed E-state index contributed by atoms with van der Waals surface area (Å²) < 4.78 is 1.82. The van der Waals surface area contributed by atoms with Gasteiger partial charge < -0.3 is 5.32 Å². The Morgan fingerprint density at radius 1 is 1.12 bits per heavy atom. The molecule has 0 bridgehead atoms. The fraction of sp³-hybridized carbons (Fsp3) is 0.111. The fourth-order valence-corrected chi connectivity index (χ4v) is 3.23. The Morgan fingerprint density at radius 3 is 2.80 bits per heavy atom. The summed E-state index contributed by atoms with van der Waals surface area (Å²) in [5.74, 6) is 0.570. The Labute approximate surface area is 149 Å². The molecule has 4 aromatic heterocycles. The zero-order valence-electron chi connectivity index (χ0n) is 13.6. The molecule has 0 saturated carbocycles. The molecule has 0 atom stereocenters. The average molecular weight is 348 g/mol. The maximum Gasteiger partial charge on any atom is 0.223 e. The van der Waals surface area contributed by atoms with Crippen LogP contribution in [0.2, 0.25) is 0 Å². The van der Waals surface area contributed by atoms with Crippen LogP contribution in [-0.2, 0) is 13.6 Å². The van der Waals surface area contributed by atoms with Crippen molar-refractivity contribution in [2.24, 2.45) is 7.05 Å². The first kappa shape index (κ1) is 15.5. The molecule has 0 saturated heterocycles. The second-order valence-corrected chi connectivity index (χ2v) is 6.26. The number of nitrogens with zero attached hydrogens (tertiary/aromatic N) is 5. The Kier molecular flexibility index (Phi) is 4.22. The number of nitrogens with one attached hydrogen (secondary N) is 1. The third-order valence-electron chi connectivity index (χ3n) is 3.84. The van der Waals surface area contributed by atoms with E-state index < -0.39 is 0 Å². The standard InChI is InChI=1S/C18H16N6S/c1-24-16(5-8-22-24)17-15(13-6-9-25-12-13)11-21-18(23-17)20-10-14-4-2-3-7-19-14/h2-9,11-12H,10H2,1H3,(H,20,21,23). The van der Waals surface area contributed by atoms with Gasteiger partial charge in [0.2, 0.25) is 5.95 Å². The van der Waals surface area contributed by atoms with Gasteiger partial charge in [-0.1, -0.05) is 6.07 Å². The number of aromatic nitrogens is 5. The van der Waals surface area contributed by atoms with Crippen LogP contribution in [0.25, 0.3) is 22.5 Å². The van der Waals surface area contributed by atoms with Crippen molar-refractivity contribution in [2.45, 2.75) is 6.54 Å². The van der Waals surface area contributed by atoms with Gasteiger partial charge in [0.25, 0.3) is 0 Å². The van der Waals surface area contributed by atoms with Crippen molar-refractivity contribution in [2.75, 3.05) is 5.32 Å². The molecule has 0 aromatic carbocycles. The minimum Gasteiger partial charge on any atom is -0.349 e. The summed E-state index contributed by atoms with van der Waals surface area (Å²) in [5, 5.41) is 11.7. The minimum absolute atomic E-state index is 0.570. The molecule has 7 heteroatoms. The van der Waals surface area contributed by atoms with Crippen LogP contribution < -0.4 is 5.32 Å². The lowest BCUT2D eigenvalue weighted by molar-refractivity contribution is 0.773. The fourth-order valence-electron chi connectivity index (χ4n) is 2.57. The molecule has 0 aliphatic rings. The summed E-state index contributed by atoms with van der Waals surface area (Å²) >= 11 is 1.65. The van der Waals surface area contributed by atoms with Crippen molar-refractivity contribution in [3.63, 3.8) is 0 Å². The zero-order chi connectivity index (χ0) is 17.1. The summed E-state index contributed by atoms with van der Waals surface area (Å²) in [5.41, 5.74) is 4.85. The number of hydrogen-bond donors (Lipinski definition) is 1. The van der Waals surface area contributed by atoms with E-state index in [2.05, 4.69) is 37.2 Å². The summed E-state index contributed by atoms with van der Waals surface area (Å²) in [7, 11) is 1.91. The molecule has 0 aliphatic heterocycles. The average Bonchev–Trinajstić information content (AvgIpc) is 3.32. The molecule has 0 radical (unpaired) electrons. The minimum atomic E-state index is 0.570. The van der Waals surface area contributed by atoms with Gasteiger partial charge >= 0.3 is 0 Å². The van der Waals surface area contributed by atoms with Crippen LogP contribution in [0.3, 0.4) is 0 Å². The molecule has 4 rings (SSSR count). The largest absolute Gasteiger partial charge is 0.349 e. The second kappa shape index (κ2) is 6.82. The highest BCUT2D eigenvalue weighted by Crippen LogP contribution is 2.31. The summed E-state index contributed by atoms with van der Waals surface area (Å²) in [6, 6.07) is 9.86. The van der Waals surface area contributed by atoms with Crippen LogP contribution in [-0.4, -0.2) is 24.7 Å². The maximum atomic E-state index is 4.74. The molecular formula is C18H16N6S. The molecule has 124 valence electrons. The van der Waals surface area contributed by atoms with Crippen LogP contribution in [0.1, 0.15) is 5.69 Å². The summed E-state index contributed by atoms with van der Waals surface area (Å²) in [6.45, 7) is 0.573. The molecule has 1 N–H and O–H groups in total. The first-order chi connectivity index (χ1) is 12.3. The van der Waals surface area contributed by atoms with Crippen LogP contribution >= 0.6 is 11.3 Å².